The number of rotatable bonds is 4. The van der Waals surface area contributed by atoms with Gasteiger partial charge in [0.2, 0.25) is 0 Å². The Morgan fingerprint density at radius 2 is 0.909 bits per heavy atom. The van der Waals surface area contributed by atoms with Gasteiger partial charge in [0, 0.05) is 0 Å². The summed E-state index contributed by atoms with van der Waals surface area (Å²) < 4.78 is 0. The molecule has 0 aliphatic heterocycles. The van der Waals surface area contributed by atoms with Crippen molar-refractivity contribution in [2.75, 3.05) is 0 Å². The van der Waals surface area contributed by atoms with Crippen molar-refractivity contribution in [3.8, 4) is 0 Å². The van der Waals surface area contributed by atoms with E-state index in [0.717, 1.165) is 11.1 Å². The average molecular weight is 288 g/mol. The second kappa shape index (κ2) is 13.1. The van der Waals surface area contributed by atoms with Gasteiger partial charge >= 0.3 is 0 Å². The third-order valence-electron chi connectivity index (χ3n) is 2.58. The first-order valence-corrected chi connectivity index (χ1v) is 6.97. The number of benzene rings is 2. The molecule has 22 heavy (non-hydrogen) atoms. The first-order valence-electron chi connectivity index (χ1n) is 6.97. The second-order valence-corrected chi connectivity index (χ2v) is 4.16. The molecule has 0 heteroatoms. The van der Waals surface area contributed by atoms with Crippen molar-refractivity contribution in [3.63, 3.8) is 0 Å². The van der Waals surface area contributed by atoms with E-state index in [-0.39, 0.29) is 0 Å². The fourth-order valence-electron chi connectivity index (χ4n) is 1.40. The fraction of sp³-hybridized carbons (Fsp3) is 0. The van der Waals surface area contributed by atoms with Gasteiger partial charge in [-0.25, -0.2) is 0 Å². The summed E-state index contributed by atoms with van der Waals surface area (Å²) in [4.78, 5) is 0. The van der Waals surface area contributed by atoms with Crippen LogP contribution in [0.5, 0.6) is 0 Å². The van der Waals surface area contributed by atoms with Crippen LogP contribution in [-0.2, 0) is 0 Å². The Bertz CT molecular complexity index is 559. The summed E-state index contributed by atoms with van der Waals surface area (Å²) >= 11 is 0. The van der Waals surface area contributed by atoms with Crippen molar-refractivity contribution in [3.05, 3.63) is 116 Å². The summed E-state index contributed by atoms with van der Waals surface area (Å²) in [5.41, 5.74) is 3.45. The van der Waals surface area contributed by atoms with Crippen LogP contribution in [0.1, 0.15) is 16.7 Å². The Balaban J connectivity index is 0.000000330. The molecule has 2 aromatic carbocycles. The molecular formula is C22H24. The molecular weight excluding hydrogens is 264 g/mol. The third kappa shape index (κ3) is 9.11. The molecule has 0 saturated carbocycles. The summed E-state index contributed by atoms with van der Waals surface area (Å²) in [5, 5.41) is 0. The number of hydrogen-bond acceptors (Lipinski definition) is 0. The molecule has 0 aliphatic rings. The van der Waals surface area contributed by atoms with Gasteiger partial charge < -0.3 is 0 Å². The number of hydrogen-bond donors (Lipinski definition) is 0. The summed E-state index contributed by atoms with van der Waals surface area (Å²) in [5.74, 6) is 0. The van der Waals surface area contributed by atoms with E-state index in [9.17, 15) is 0 Å². The predicted octanol–water partition coefficient (Wildman–Crippen LogP) is 6.66. The summed E-state index contributed by atoms with van der Waals surface area (Å²) in [7, 11) is 0. The molecule has 112 valence electrons. The maximum atomic E-state index is 3.67. The first kappa shape index (κ1) is 19.1. The highest BCUT2D eigenvalue weighted by Crippen LogP contribution is 2.06. The van der Waals surface area contributed by atoms with Crippen molar-refractivity contribution in [1.82, 2.24) is 0 Å². The zero-order chi connectivity index (χ0) is 16.6. The maximum Gasteiger partial charge on any atom is -0.0257 e. The van der Waals surface area contributed by atoms with E-state index in [4.69, 9.17) is 0 Å². The lowest BCUT2D eigenvalue weighted by atomic mass is 10.1. The van der Waals surface area contributed by atoms with Crippen LogP contribution in [0, 0.1) is 0 Å². The Kier molecular flexibility index (Phi) is 11.4. The fourth-order valence-corrected chi connectivity index (χ4v) is 1.40. The van der Waals surface area contributed by atoms with Gasteiger partial charge in [-0.2, -0.15) is 0 Å². The van der Waals surface area contributed by atoms with E-state index >= 15 is 0 Å². The zero-order valence-corrected chi connectivity index (χ0v) is 13.1. The van der Waals surface area contributed by atoms with Gasteiger partial charge in [-0.15, -0.1) is 0 Å². The van der Waals surface area contributed by atoms with Crippen LogP contribution in [0.2, 0.25) is 0 Å². The average Bonchev–Trinajstić information content (AvgIpc) is 2.63. The molecule has 0 nitrogen and oxygen atoms in total. The SMILES string of the molecule is C=CC=C.C=Cc1cccc(C=C)c1.C=Cc1ccccc1. The van der Waals surface area contributed by atoms with Gasteiger partial charge in [0.05, 0.1) is 0 Å². The highest BCUT2D eigenvalue weighted by molar-refractivity contribution is 5.55. The normalized spacial score (nSPS) is 8.00. The quantitative estimate of drug-likeness (QED) is 0.552. The van der Waals surface area contributed by atoms with Crippen LogP contribution in [0.3, 0.4) is 0 Å². The van der Waals surface area contributed by atoms with Crippen molar-refractivity contribution < 1.29 is 0 Å². The first-order chi connectivity index (χ1) is 10.7. The molecule has 0 bridgehead atoms. The monoisotopic (exact) mass is 288 g/mol. The van der Waals surface area contributed by atoms with Gasteiger partial charge in [-0.1, -0.05) is 112 Å². The van der Waals surface area contributed by atoms with Crippen LogP contribution >= 0.6 is 0 Å². The van der Waals surface area contributed by atoms with Crippen LogP contribution in [0.4, 0.5) is 0 Å². The molecule has 0 atom stereocenters. The minimum absolute atomic E-state index is 1.14. The van der Waals surface area contributed by atoms with Gasteiger partial charge in [-0.05, 0) is 22.8 Å². The zero-order valence-electron chi connectivity index (χ0n) is 13.1. The molecule has 0 aromatic heterocycles. The van der Waals surface area contributed by atoms with Crippen molar-refractivity contribution >= 4 is 18.2 Å². The largest absolute Gasteiger partial charge is 0.0991 e. The summed E-state index contributed by atoms with van der Waals surface area (Å²) in [6.07, 6.45) is 8.76. The molecule has 0 radical (unpaired) electrons. The molecule has 0 saturated heterocycles. The van der Waals surface area contributed by atoms with E-state index in [1.165, 1.54) is 5.56 Å². The lowest BCUT2D eigenvalue weighted by molar-refractivity contribution is 1.63. The van der Waals surface area contributed by atoms with Crippen molar-refractivity contribution in [1.29, 1.82) is 0 Å². The molecule has 0 spiro atoms. The van der Waals surface area contributed by atoms with E-state index in [2.05, 4.69) is 32.9 Å². The van der Waals surface area contributed by atoms with Gasteiger partial charge in [0.25, 0.3) is 0 Å². The lowest BCUT2D eigenvalue weighted by Gasteiger charge is -1.93. The third-order valence-corrected chi connectivity index (χ3v) is 2.58. The van der Waals surface area contributed by atoms with E-state index in [1.807, 2.05) is 72.8 Å². The molecule has 0 aliphatic carbocycles. The van der Waals surface area contributed by atoms with Gasteiger partial charge in [0.15, 0.2) is 0 Å². The summed E-state index contributed by atoms with van der Waals surface area (Å²) in [6.45, 7) is 17.7. The topological polar surface area (TPSA) is 0 Å². The van der Waals surface area contributed by atoms with Crippen LogP contribution in [0.15, 0.2) is 99.6 Å². The van der Waals surface area contributed by atoms with Crippen molar-refractivity contribution in [2.45, 2.75) is 0 Å². The Morgan fingerprint density at radius 3 is 1.23 bits per heavy atom. The molecule has 0 heterocycles. The lowest BCUT2D eigenvalue weighted by Crippen LogP contribution is -1.72. The standard InChI is InChI=1S/C10H10.C8H8.C4H6/c1-3-9-6-5-7-10(4-2)8-9;1-2-8-6-4-3-5-7-8;1-3-4-2/h3-8H,1-2H2;2-7H,1H2;3-4H,1-2H2. The molecule has 0 unspecified atom stereocenters. The van der Waals surface area contributed by atoms with Crippen molar-refractivity contribution in [2.24, 2.45) is 0 Å². The summed E-state index contributed by atoms with van der Waals surface area (Å²) in [6, 6.07) is 18.1. The van der Waals surface area contributed by atoms with Gasteiger partial charge in [-0.3, -0.25) is 0 Å². The van der Waals surface area contributed by atoms with E-state index in [0.29, 0.717) is 0 Å². The second-order valence-electron chi connectivity index (χ2n) is 4.16. The molecule has 0 fully saturated rings. The Hall–Kier alpha value is -2.86. The smallest absolute Gasteiger partial charge is 0.0257 e. The minimum Gasteiger partial charge on any atom is -0.0991 e. The molecule has 0 amide bonds. The highest BCUT2D eigenvalue weighted by atomic mass is 13.9. The van der Waals surface area contributed by atoms with E-state index < -0.39 is 0 Å². The molecule has 2 rings (SSSR count). The van der Waals surface area contributed by atoms with Gasteiger partial charge in [0.1, 0.15) is 0 Å². The van der Waals surface area contributed by atoms with E-state index in [1.54, 1.807) is 12.2 Å². The predicted molar refractivity (Wildman–Crippen MR) is 104 cm³/mol. The van der Waals surface area contributed by atoms with Crippen LogP contribution in [0.25, 0.3) is 18.2 Å². The Labute approximate surface area is 135 Å². The Morgan fingerprint density at radius 1 is 0.500 bits per heavy atom. The molecule has 2 aromatic rings. The van der Waals surface area contributed by atoms with Crippen LogP contribution in [-0.4, -0.2) is 0 Å². The molecule has 0 N–H and O–H groups in total. The number of allylic oxidation sites excluding steroid dienone is 2. The van der Waals surface area contributed by atoms with Crippen LogP contribution < -0.4 is 0 Å². The maximum absolute atomic E-state index is 3.67. The highest BCUT2D eigenvalue weighted by Gasteiger charge is 1.85. The minimum atomic E-state index is 1.14.